The van der Waals surface area contributed by atoms with Crippen molar-refractivity contribution < 1.29 is 4.74 Å². The lowest BCUT2D eigenvalue weighted by atomic mass is 10.0. The Morgan fingerprint density at radius 3 is 2.73 bits per heavy atom. The second kappa shape index (κ2) is 6.43. The van der Waals surface area contributed by atoms with Gasteiger partial charge in [-0.1, -0.05) is 18.2 Å². The smallest absolute Gasteiger partial charge is 0.122 e. The lowest BCUT2D eigenvalue weighted by molar-refractivity contribution is 0.407. The van der Waals surface area contributed by atoms with Crippen molar-refractivity contribution in [3.63, 3.8) is 0 Å². The van der Waals surface area contributed by atoms with Crippen LogP contribution in [0.15, 0.2) is 24.3 Å². The third-order valence-corrected chi connectivity index (χ3v) is 2.45. The van der Waals surface area contributed by atoms with E-state index in [1.54, 1.807) is 7.11 Å². The molecule has 4 N–H and O–H groups in total. The van der Waals surface area contributed by atoms with Gasteiger partial charge in [-0.25, -0.2) is 0 Å². The molecule has 0 spiro atoms. The second-order valence-electron chi connectivity index (χ2n) is 3.71. The number of methoxy groups -OCH3 is 1. The molecule has 0 heterocycles. The van der Waals surface area contributed by atoms with Gasteiger partial charge >= 0.3 is 0 Å². The van der Waals surface area contributed by atoms with Crippen LogP contribution >= 0.6 is 0 Å². The van der Waals surface area contributed by atoms with Crippen LogP contribution in [0.2, 0.25) is 0 Å². The van der Waals surface area contributed by atoms with Gasteiger partial charge in [0.2, 0.25) is 0 Å². The van der Waals surface area contributed by atoms with E-state index in [4.69, 9.17) is 16.2 Å². The molecule has 0 saturated heterocycles. The lowest BCUT2D eigenvalue weighted by Crippen LogP contribution is -2.24. The predicted octanol–water partition coefficient (Wildman–Crippen LogP) is 1.30. The molecule has 1 aromatic rings. The molecule has 1 unspecified atom stereocenters. The third kappa shape index (κ3) is 3.90. The topological polar surface area (TPSA) is 61.3 Å². The average Bonchev–Trinajstić information content (AvgIpc) is 2.27. The summed E-state index contributed by atoms with van der Waals surface area (Å²) in [5.74, 6) is 0.917. The monoisotopic (exact) mass is 208 g/mol. The number of para-hydroxylation sites is 1. The first-order valence-electron chi connectivity index (χ1n) is 5.35. The summed E-state index contributed by atoms with van der Waals surface area (Å²) >= 11 is 0. The number of hydrogen-bond donors (Lipinski definition) is 2. The summed E-state index contributed by atoms with van der Waals surface area (Å²) in [6.07, 6.45) is 2.80. The van der Waals surface area contributed by atoms with Gasteiger partial charge in [0.1, 0.15) is 5.75 Å². The fraction of sp³-hybridized carbons (Fsp3) is 0.500. The van der Waals surface area contributed by atoms with Crippen molar-refractivity contribution >= 4 is 0 Å². The summed E-state index contributed by atoms with van der Waals surface area (Å²) in [5, 5.41) is 0. The maximum absolute atomic E-state index is 6.00. The minimum atomic E-state index is 0.171. The average molecular weight is 208 g/mol. The van der Waals surface area contributed by atoms with Crippen molar-refractivity contribution in [1.29, 1.82) is 0 Å². The second-order valence-corrected chi connectivity index (χ2v) is 3.71. The van der Waals surface area contributed by atoms with E-state index in [2.05, 4.69) is 6.07 Å². The predicted molar refractivity (Wildman–Crippen MR) is 63.0 cm³/mol. The summed E-state index contributed by atoms with van der Waals surface area (Å²) in [5.41, 5.74) is 12.6. The summed E-state index contributed by atoms with van der Waals surface area (Å²) < 4.78 is 5.27. The molecule has 0 fully saturated rings. The van der Waals surface area contributed by atoms with Crippen molar-refractivity contribution in [2.45, 2.75) is 25.3 Å². The number of rotatable bonds is 6. The van der Waals surface area contributed by atoms with Crippen molar-refractivity contribution in [3.05, 3.63) is 29.8 Å². The van der Waals surface area contributed by atoms with Crippen LogP contribution in [-0.4, -0.2) is 19.7 Å². The van der Waals surface area contributed by atoms with Crippen LogP contribution in [0.4, 0.5) is 0 Å². The normalized spacial score (nSPS) is 12.5. The van der Waals surface area contributed by atoms with E-state index < -0.39 is 0 Å². The maximum atomic E-state index is 6.00. The quantitative estimate of drug-likeness (QED) is 0.741. The summed E-state index contributed by atoms with van der Waals surface area (Å²) in [4.78, 5) is 0. The Morgan fingerprint density at radius 2 is 2.07 bits per heavy atom. The third-order valence-electron chi connectivity index (χ3n) is 2.45. The molecule has 84 valence electrons. The van der Waals surface area contributed by atoms with Crippen LogP contribution in [0.25, 0.3) is 0 Å². The van der Waals surface area contributed by atoms with E-state index in [-0.39, 0.29) is 6.04 Å². The van der Waals surface area contributed by atoms with Gasteiger partial charge in [0.25, 0.3) is 0 Å². The highest BCUT2D eigenvalue weighted by Gasteiger charge is 2.07. The summed E-state index contributed by atoms with van der Waals surface area (Å²) in [6.45, 7) is 0.708. The molecule has 0 aliphatic heterocycles. The largest absolute Gasteiger partial charge is 0.496 e. The zero-order valence-electron chi connectivity index (χ0n) is 9.28. The molecular weight excluding hydrogens is 188 g/mol. The highest BCUT2D eigenvalue weighted by Crippen LogP contribution is 2.19. The van der Waals surface area contributed by atoms with Crippen LogP contribution < -0.4 is 16.2 Å². The molecule has 15 heavy (non-hydrogen) atoms. The fourth-order valence-electron chi connectivity index (χ4n) is 1.64. The van der Waals surface area contributed by atoms with Crippen LogP contribution in [-0.2, 0) is 6.42 Å². The Balaban J connectivity index is 2.55. The zero-order valence-corrected chi connectivity index (χ0v) is 9.28. The highest BCUT2D eigenvalue weighted by atomic mass is 16.5. The molecule has 0 radical (unpaired) electrons. The minimum absolute atomic E-state index is 0.171. The standard InChI is InChI=1S/C12H20N2O/c1-15-12-7-3-2-5-10(12)9-11(14)6-4-8-13/h2-3,5,7,11H,4,6,8-9,13-14H2,1H3. The highest BCUT2D eigenvalue weighted by molar-refractivity contribution is 5.33. The Kier molecular flexibility index (Phi) is 5.15. The van der Waals surface area contributed by atoms with Crippen molar-refractivity contribution in [1.82, 2.24) is 0 Å². The number of ether oxygens (including phenoxy) is 1. The van der Waals surface area contributed by atoms with Crippen molar-refractivity contribution in [2.75, 3.05) is 13.7 Å². The first-order chi connectivity index (χ1) is 7.27. The molecule has 1 atom stereocenters. The van der Waals surface area contributed by atoms with E-state index >= 15 is 0 Å². The Labute approximate surface area is 91.4 Å². The van der Waals surface area contributed by atoms with Gasteiger partial charge in [-0.3, -0.25) is 0 Å². The van der Waals surface area contributed by atoms with Crippen molar-refractivity contribution in [2.24, 2.45) is 11.5 Å². The van der Waals surface area contributed by atoms with Crippen molar-refractivity contribution in [3.8, 4) is 5.75 Å². The van der Waals surface area contributed by atoms with Crippen LogP contribution in [0.5, 0.6) is 5.75 Å². The molecule has 0 amide bonds. The molecule has 1 aromatic carbocycles. The first-order valence-corrected chi connectivity index (χ1v) is 5.35. The van der Waals surface area contributed by atoms with Gasteiger partial charge in [0.05, 0.1) is 7.11 Å². The van der Waals surface area contributed by atoms with Crippen LogP contribution in [0, 0.1) is 0 Å². The molecule has 3 heteroatoms. The minimum Gasteiger partial charge on any atom is -0.496 e. The van der Waals surface area contributed by atoms with E-state index in [9.17, 15) is 0 Å². The molecular formula is C12H20N2O. The van der Waals surface area contributed by atoms with Gasteiger partial charge in [-0.15, -0.1) is 0 Å². The number of nitrogens with two attached hydrogens (primary N) is 2. The van der Waals surface area contributed by atoms with Gasteiger partial charge in [0, 0.05) is 6.04 Å². The van der Waals surface area contributed by atoms with E-state index in [1.807, 2.05) is 18.2 Å². The van der Waals surface area contributed by atoms with Gasteiger partial charge in [-0.2, -0.15) is 0 Å². The fourth-order valence-corrected chi connectivity index (χ4v) is 1.64. The SMILES string of the molecule is COc1ccccc1CC(N)CCCN. The molecule has 0 bridgehead atoms. The molecule has 0 aliphatic rings. The summed E-state index contributed by atoms with van der Waals surface area (Å²) in [7, 11) is 1.68. The molecule has 1 rings (SSSR count). The lowest BCUT2D eigenvalue weighted by Gasteiger charge is -2.13. The van der Waals surface area contributed by atoms with E-state index in [0.717, 1.165) is 25.0 Å². The molecule has 3 nitrogen and oxygen atoms in total. The van der Waals surface area contributed by atoms with Gasteiger partial charge in [-0.05, 0) is 37.4 Å². The molecule has 0 aromatic heterocycles. The van der Waals surface area contributed by atoms with E-state index in [1.165, 1.54) is 5.56 Å². The van der Waals surface area contributed by atoms with Gasteiger partial charge < -0.3 is 16.2 Å². The van der Waals surface area contributed by atoms with Crippen LogP contribution in [0.3, 0.4) is 0 Å². The summed E-state index contributed by atoms with van der Waals surface area (Å²) in [6, 6.07) is 8.16. The number of hydrogen-bond acceptors (Lipinski definition) is 3. The zero-order chi connectivity index (χ0) is 11.1. The molecule has 0 saturated carbocycles. The van der Waals surface area contributed by atoms with E-state index in [0.29, 0.717) is 6.54 Å². The Hall–Kier alpha value is -1.06. The maximum Gasteiger partial charge on any atom is 0.122 e. The molecule has 0 aliphatic carbocycles. The Bertz CT molecular complexity index is 289. The Morgan fingerprint density at radius 1 is 1.33 bits per heavy atom. The van der Waals surface area contributed by atoms with Gasteiger partial charge in [0.15, 0.2) is 0 Å². The van der Waals surface area contributed by atoms with Crippen LogP contribution in [0.1, 0.15) is 18.4 Å². The first kappa shape index (κ1) is 12.0. The number of benzene rings is 1.